The largest absolute Gasteiger partial charge is 0.316 e. The Morgan fingerprint density at radius 1 is 1.47 bits per heavy atom. The average molecular weight is 212 g/mol. The average Bonchev–Trinajstić information content (AvgIpc) is 2.29. The molecule has 0 bridgehead atoms. The normalized spacial score (nSPS) is 23.7. The van der Waals surface area contributed by atoms with Crippen molar-refractivity contribution in [1.82, 2.24) is 10.3 Å². The summed E-state index contributed by atoms with van der Waals surface area (Å²) < 4.78 is 26.8. The molecule has 1 aromatic heterocycles. The Labute approximate surface area is 87.7 Å². The Morgan fingerprint density at radius 2 is 2.33 bits per heavy atom. The molecule has 1 aliphatic rings. The Bertz CT molecular complexity index is 324. The summed E-state index contributed by atoms with van der Waals surface area (Å²) in [4.78, 5) is 3.66. The minimum absolute atomic E-state index is 0.0534. The van der Waals surface area contributed by atoms with E-state index in [2.05, 4.69) is 10.3 Å². The Kier molecular flexibility index (Phi) is 3.26. The monoisotopic (exact) mass is 212 g/mol. The van der Waals surface area contributed by atoms with Crippen molar-refractivity contribution in [1.29, 1.82) is 0 Å². The lowest BCUT2D eigenvalue weighted by molar-refractivity contribution is 0.193. The molecule has 1 N–H and O–H groups in total. The fraction of sp³-hybridized carbons (Fsp3) is 0.545. The van der Waals surface area contributed by atoms with Gasteiger partial charge in [0.25, 0.3) is 0 Å². The topological polar surface area (TPSA) is 24.9 Å². The van der Waals surface area contributed by atoms with E-state index in [0.717, 1.165) is 25.6 Å². The standard InChI is InChI=1S/C11H14F2N2/c12-10-4-9(6-15-7-10)11(13)8-2-1-3-14-5-8/h4,6-8,11,14H,1-3,5H2. The van der Waals surface area contributed by atoms with Crippen molar-refractivity contribution in [3.63, 3.8) is 0 Å². The minimum atomic E-state index is -1.11. The van der Waals surface area contributed by atoms with Gasteiger partial charge in [-0.1, -0.05) is 0 Å². The molecule has 1 fully saturated rings. The van der Waals surface area contributed by atoms with Crippen molar-refractivity contribution in [2.24, 2.45) is 5.92 Å². The van der Waals surface area contributed by atoms with Crippen LogP contribution in [0.2, 0.25) is 0 Å². The van der Waals surface area contributed by atoms with Crippen LogP contribution in [0.25, 0.3) is 0 Å². The summed E-state index contributed by atoms with van der Waals surface area (Å²) >= 11 is 0. The van der Waals surface area contributed by atoms with E-state index in [4.69, 9.17) is 0 Å². The number of nitrogens with zero attached hydrogens (tertiary/aromatic N) is 1. The van der Waals surface area contributed by atoms with Gasteiger partial charge in [-0.3, -0.25) is 4.98 Å². The van der Waals surface area contributed by atoms with Gasteiger partial charge in [0.1, 0.15) is 12.0 Å². The third kappa shape index (κ3) is 2.50. The number of nitrogens with one attached hydrogen (secondary N) is 1. The third-order valence-corrected chi connectivity index (χ3v) is 2.79. The second-order valence-corrected chi connectivity index (χ2v) is 3.94. The lowest BCUT2D eigenvalue weighted by atomic mass is 9.91. The second kappa shape index (κ2) is 4.66. The van der Waals surface area contributed by atoms with Crippen molar-refractivity contribution in [2.45, 2.75) is 19.0 Å². The summed E-state index contributed by atoms with van der Waals surface area (Å²) in [7, 11) is 0. The van der Waals surface area contributed by atoms with Crippen LogP contribution in [0, 0.1) is 11.7 Å². The van der Waals surface area contributed by atoms with Gasteiger partial charge in [0.2, 0.25) is 0 Å². The van der Waals surface area contributed by atoms with E-state index in [1.54, 1.807) is 0 Å². The van der Waals surface area contributed by atoms with E-state index < -0.39 is 12.0 Å². The van der Waals surface area contributed by atoms with Crippen molar-refractivity contribution < 1.29 is 8.78 Å². The van der Waals surface area contributed by atoms with E-state index in [1.807, 2.05) is 0 Å². The first-order valence-corrected chi connectivity index (χ1v) is 5.22. The second-order valence-electron chi connectivity index (χ2n) is 3.94. The molecule has 4 heteroatoms. The zero-order valence-corrected chi connectivity index (χ0v) is 8.42. The van der Waals surface area contributed by atoms with Gasteiger partial charge >= 0.3 is 0 Å². The van der Waals surface area contributed by atoms with Crippen LogP contribution in [0.4, 0.5) is 8.78 Å². The molecule has 2 heterocycles. The van der Waals surface area contributed by atoms with E-state index in [1.165, 1.54) is 12.3 Å². The predicted molar refractivity (Wildman–Crippen MR) is 53.6 cm³/mol. The molecule has 0 saturated carbocycles. The SMILES string of the molecule is Fc1cncc(C(F)C2CCCNC2)c1. The van der Waals surface area contributed by atoms with Crippen LogP contribution < -0.4 is 5.32 Å². The molecule has 82 valence electrons. The first-order chi connectivity index (χ1) is 7.27. The molecule has 2 unspecified atom stereocenters. The smallest absolute Gasteiger partial charge is 0.141 e. The molecule has 0 aliphatic carbocycles. The maximum Gasteiger partial charge on any atom is 0.141 e. The van der Waals surface area contributed by atoms with E-state index in [0.29, 0.717) is 12.1 Å². The highest BCUT2D eigenvalue weighted by atomic mass is 19.1. The maximum absolute atomic E-state index is 14.0. The summed E-state index contributed by atoms with van der Waals surface area (Å²) in [5.74, 6) is -0.527. The van der Waals surface area contributed by atoms with Crippen LogP contribution in [-0.4, -0.2) is 18.1 Å². The number of rotatable bonds is 2. The van der Waals surface area contributed by atoms with Gasteiger partial charge in [-0.2, -0.15) is 0 Å². The molecule has 1 aliphatic heterocycles. The van der Waals surface area contributed by atoms with E-state index in [9.17, 15) is 8.78 Å². The van der Waals surface area contributed by atoms with E-state index >= 15 is 0 Å². The fourth-order valence-corrected chi connectivity index (χ4v) is 1.98. The number of aromatic nitrogens is 1. The van der Waals surface area contributed by atoms with E-state index in [-0.39, 0.29) is 5.92 Å². The zero-order chi connectivity index (χ0) is 10.7. The molecular weight excluding hydrogens is 198 g/mol. The maximum atomic E-state index is 14.0. The van der Waals surface area contributed by atoms with Gasteiger partial charge in [-0.15, -0.1) is 0 Å². The number of alkyl halides is 1. The lowest BCUT2D eigenvalue weighted by Gasteiger charge is -2.25. The van der Waals surface area contributed by atoms with Gasteiger partial charge < -0.3 is 5.32 Å². The Morgan fingerprint density at radius 3 is 3.00 bits per heavy atom. The molecule has 2 rings (SSSR count). The van der Waals surface area contributed by atoms with Crippen molar-refractivity contribution in [3.05, 3.63) is 29.8 Å². The predicted octanol–water partition coefficient (Wildman–Crippen LogP) is 2.23. The summed E-state index contributed by atoms with van der Waals surface area (Å²) in [5, 5.41) is 3.15. The van der Waals surface area contributed by atoms with Crippen LogP contribution >= 0.6 is 0 Å². The number of halogens is 2. The highest BCUT2D eigenvalue weighted by Gasteiger charge is 2.24. The van der Waals surface area contributed by atoms with Crippen molar-refractivity contribution in [2.75, 3.05) is 13.1 Å². The first kappa shape index (κ1) is 10.5. The molecule has 2 nitrogen and oxygen atoms in total. The van der Waals surface area contributed by atoms with Gasteiger partial charge in [0.15, 0.2) is 0 Å². The molecule has 0 aromatic carbocycles. The fourth-order valence-electron chi connectivity index (χ4n) is 1.98. The highest BCUT2D eigenvalue weighted by Crippen LogP contribution is 2.30. The molecule has 1 aromatic rings. The lowest BCUT2D eigenvalue weighted by Crippen LogP contribution is -2.32. The zero-order valence-electron chi connectivity index (χ0n) is 8.42. The summed E-state index contributed by atoms with van der Waals surface area (Å²) in [6, 6.07) is 1.23. The summed E-state index contributed by atoms with van der Waals surface area (Å²) in [6.45, 7) is 1.61. The molecule has 15 heavy (non-hydrogen) atoms. The number of pyridine rings is 1. The molecule has 0 amide bonds. The van der Waals surface area contributed by atoms with Gasteiger partial charge in [0.05, 0.1) is 6.20 Å². The third-order valence-electron chi connectivity index (χ3n) is 2.79. The molecular formula is C11H14F2N2. The quantitative estimate of drug-likeness (QED) is 0.813. The van der Waals surface area contributed by atoms with Gasteiger partial charge in [-0.25, -0.2) is 8.78 Å². The van der Waals surface area contributed by atoms with Gasteiger partial charge in [0, 0.05) is 24.2 Å². The molecule has 0 radical (unpaired) electrons. The molecule has 0 spiro atoms. The first-order valence-electron chi connectivity index (χ1n) is 5.22. The van der Waals surface area contributed by atoms with Crippen LogP contribution in [0.1, 0.15) is 24.6 Å². The molecule has 2 atom stereocenters. The number of hydrogen-bond acceptors (Lipinski definition) is 2. The van der Waals surface area contributed by atoms with Crippen LogP contribution in [0.5, 0.6) is 0 Å². The van der Waals surface area contributed by atoms with Crippen LogP contribution in [0.3, 0.4) is 0 Å². The Hall–Kier alpha value is -1.03. The van der Waals surface area contributed by atoms with Crippen molar-refractivity contribution in [3.8, 4) is 0 Å². The van der Waals surface area contributed by atoms with Crippen molar-refractivity contribution >= 4 is 0 Å². The van der Waals surface area contributed by atoms with Crippen LogP contribution in [-0.2, 0) is 0 Å². The summed E-state index contributed by atoms with van der Waals surface area (Å²) in [5.41, 5.74) is 0.351. The summed E-state index contributed by atoms with van der Waals surface area (Å²) in [6.07, 6.45) is 3.22. The minimum Gasteiger partial charge on any atom is -0.316 e. The number of hydrogen-bond donors (Lipinski definition) is 1. The molecule has 1 saturated heterocycles. The Balaban J connectivity index is 2.08. The van der Waals surface area contributed by atoms with Crippen LogP contribution in [0.15, 0.2) is 18.5 Å². The highest BCUT2D eigenvalue weighted by molar-refractivity contribution is 5.14. The number of piperidine rings is 1. The van der Waals surface area contributed by atoms with Gasteiger partial charge in [-0.05, 0) is 25.5 Å².